The summed E-state index contributed by atoms with van der Waals surface area (Å²) in [7, 11) is 0. The molecule has 1 aliphatic heterocycles. The maximum Gasteiger partial charge on any atom is 0.277 e. The van der Waals surface area contributed by atoms with Gasteiger partial charge >= 0.3 is 0 Å². The molecule has 1 heterocycles. The molecule has 0 saturated carbocycles. The van der Waals surface area contributed by atoms with Gasteiger partial charge in [-0.25, -0.2) is 0 Å². The number of nitrogens with two attached hydrogens (primary N) is 1. The lowest BCUT2D eigenvalue weighted by Crippen LogP contribution is -2.50. The van der Waals surface area contributed by atoms with E-state index in [2.05, 4.69) is 10.1 Å². The second-order valence-corrected chi connectivity index (χ2v) is 7.10. The van der Waals surface area contributed by atoms with Crippen molar-refractivity contribution in [3.8, 4) is 11.1 Å². The molecule has 2 atom stereocenters. The Morgan fingerprint density at radius 2 is 1.93 bits per heavy atom. The minimum atomic E-state index is -0.522. The number of quaternary nitrogens is 1. The lowest BCUT2D eigenvalue weighted by Gasteiger charge is -2.34. The molecule has 0 fully saturated rings. The van der Waals surface area contributed by atoms with Crippen LogP contribution >= 0.6 is 0 Å². The van der Waals surface area contributed by atoms with Crippen LogP contribution in [0.2, 0.25) is 0 Å². The molecule has 144 valence electrons. The van der Waals surface area contributed by atoms with Crippen LogP contribution in [0.15, 0.2) is 58.6 Å². The van der Waals surface area contributed by atoms with E-state index in [0.717, 1.165) is 5.56 Å². The van der Waals surface area contributed by atoms with Gasteiger partial charge in [-0.1, -0.05) is 55.3 Å². The second-order valence-electron chi connectivity index (χ2n) is 7.10. The second kappa shape index (κ2) is 7.69. The third kappa shape index (κ3) is 3.67. The number of aliphatic imine (C=N–C) groups is 1. The molecule has 8 heteroatoms. The topological polar surface area (TPSA) is 111 Å². The van der Waals surface area contributed by atoms with E-state index in [4.69, 9.17) is 5.73 Å². The number of hydrogen-bond acceptors (Lipinski definition) is 5. The van der Waals surface area contributed by atoms with Gasteiger partial charge in [0.15, 0.2) is 12.9 Å². The summed E-state index contributed by atoms with van der Waals surface area (Å²) in [5, 5.41) is 16.2. The average Bonchev–Trinajstić information content (AvgIpc) is 3.10. The Labute approximate surface area is 162 Å². The third-order valence-electron chi connectivity index (χ3n) is 4.77. The smallest absolute Gasteiger partial charge is 0.277 e. The molecule has 2 N–H and O–H groups in total. The molecular weight excluding hydrogens is 358 g/mol. The van der Waals surface area contributed by atoms with E-state index in [9.17, 15) is 14.9 Å². The van der Waals surface area contributed by atoms with Crippen molar-refractivity contribution in [2.45, 2.75) is 19.9 Å². The fourth-order valence-electron chi connectivity index (χ4n) is 3.78. The number of primary amides is 1. The molecule has 2 unspecified atom stereocenters. The van der Waals surface area contributed by atoms with Gasteiger partial charge in [0.25, 0.3) is 11.6 Å². The van der Waals surface area contributed by atoms with Crippen LogP contribution in [0.25, 0.3) is 11.1 Å². The van der Waals surface area contributed by atoms with Crippen molar-refractivity contribution in [1.82, 2.24) is 0 Å². The van der Waals surface area contributed by atoms with Gasteiger partial charge < -0.3 is 5.73 Å². The number of hydrogen-bond donors (Lipinski definition) is 1. The molecule has 0 aromatic heterocycles. The van der Waals surface area contributed by atoms with Gasteiger partial charge in [-0.2, -0.15) is 4.99 Å². The highest BCUT2D eigenvalue weighted by Gasteiger charge is 2.44. The zero-order valence-electron chi connectivity index (χ0n) is 15.7. The van der Waals surface area contributed by atoms with Crippen LogP contribution in [0.4, 0.5) is 5.69 Å². The molecule has 0 radical (unpaired) electrons. The number of amides is 1. The number of carbonyl (C=O) groups is 1. The SMILES string of the molecule is CC(C)C(c1ccc(-c2ccccc2)c([N+](=O)[O-])c1)[N+]1(CC(N)=O)C=NC=N1. The van der Waals surface area contributed by atoms with Gasteiger partial charge in [0.05, 0.1) is 10.5 Å². The van der Waals surface area contributed by atoms with Gasteiger partial charge in [0, 0.05) is 17.5 Å². The highest BCUT2D eigenvalue weighted by Crippen LogP contribution is 2.39. The monoisotopic (exact) mass is 380 g/mol. The Bertz CT molecular complexity index is 942. The van der Waals surface area contributed by atoms with Crippen molar-refractivity contribution in [2.75, 3.05) is 6.54 Å². The first-order chi connectivity index (χ1) is 13.3. The van der Waals surface area contributed by atoms with Crippen LogP contribution in [0, 0.1) is 16.0 Å². The standard InChI is InChI=1S/C20H21N5O3/c1-14(2)20(25(11-19(21)26)13-22-12-23-25)16-8-9-17(18(10-16)24(27)28)15-6-4-3-5-7-15/h3-10,12-14,20H,11H2,1-2H3,(H-,21,26)/p+1. The number of nitro groups is 1. The highest BCUT2D eigenvalue weighted by atomic mass is 16.6. The molecule has 1 amide bonds. The normalized spacial score (nSPS) is 19.1. The summed E-state index contributed by atoms with van der Waals surface area (Å²) >= 11 is 0. The van der Waals surface area contributed by atoms with E-state index in [0.29, 0.717) is 11.1 Å². The van der Waals surface area contributed by atoms with Crippen LogP contribution < -0.4 is 5.73 Å². The van der Waals surface area contributed by atoms with Crippen LogP contribution in [0.5, 0.6) is 0 Å². The first-order valence-electron chi connectivity index (χ1n) is 8.92. The predicted octanol–water partition coefficient (Wildman–Crippen LogP) is 3.25. The minimum Gasteiger partial charge on any atom is -0.365 e. The Kier molecular flexibility index (Phi) is 5.32. The van der Waals surface area contributed by atoms with Gasteiger partial charge in [-0.3, -0.25) is 14.9 Å². The van der Waals surface area contributed by atoms with Crippen molar-refractivity contribution < 1.29 is 14.3 Å². The molecule has 0 bridgehead atoms. The molecule has 0 spiro atoms. The van der Waals surface area contributed by atoms with Crippen LogP contribution in [-0.2, 0) is 4.79 Å². The van der Waals surface area contributed by atoms with Gasteiger partial charge in [0.2, 0.25) is 6.34 Å². The van der Waals surface area contributed by atoms with Crippen LogP contribution in [0.3, 0.4) is 0 Å². The fraction of sp³-hybridized carbons (Fsp3) is 0.250. The Morgan fingerprint density at radius 1 is 1.21 bits per heavy atom. The van der Waals surface area contributed by atoms with E-state index in [1.807, 2.05) is 50.2 Å². The Hall–Kier alpha value is -3.39. The van der Waals surface area contributed by atoms with Crippen molar-refractivity contribution in [3.05, 3.63) is 64.2 Å². The average molecular weight is 380 g/mol. The summed E-state index contributed by atoms with van der Waals surface area (Å²) < 4.78 is -0.130. The summed E-state index contributed by atoms with van der Waals surface area (Å²) in [5.41, 5.74) is 7.47. The molecule has 8 nitrogen and oxygen atoms in total. The summed E-state index contributed by atoms with van der Waals surface area (Å²) in [5.74, 6) is -0.505. The lowest BCUT2D eigenvalue weighted by atomic mass is 9.91. The number of rotatable bonds is 7. The summed E-state index contributed by atoms with van der Waals surface area (Å²) in [6.45, 7) is 3.88. The molecular formula is C20H22N5O3+. The molecule has 1 aliphatic rings. The van der Waals surface area contributed by atoms with E-state index in [-0.39, 0.29) is 33.7 Å². The number of nitrogens with zero attached hydrogens (tertiary/aromatic N) is 4. The molecule has 0 saturated heterocycles. The maximum absolute atomic E-state index is 11.8. The Morgan fingerprint density at radius 3 is 2.46 bits per heavy atom. The molecule has 3 rings (SSSR count). The number of nitro benzene ring substituents is 1. The fourth-order valence-corrected chi connectivity index (χ4v) is 3.78. The van der Waals surface area contributed by atoms with Crippen molar-refractivity contribution in [3.63, 3.8) is 0 Å². The Balaban J connectivity index is 2.14. The first-order valence-corrected chi connectivity index (χ1v) is 8.92. The van der Waals surface area contributed by atoms with Crippen molar-refractivity contribution >= 4 is 24.3 Å². The van der Waals surface area contributed by atoms with Gasteiger partial charge in [-0.15, -0.1) is 4.59 Å². The summed E-state index contributed by atoms with van der Waals surface area (Å²) in [6, 6.07) is 14.0. The number of carbonyl (C=O) groups excluding carboxylic acids is 1. The molecule has 28 heavy (non-hydrogen) atoms. The summed E-state index contributed by atoms with van der Waals surface area (Å²) in [4.78, 5) is 27.2. The summed E-state index contributed by atoms with van der Waals surface area (Å²) in [6.07, 6.45) is 2.94. The van der Waals surface area contributed by atoms with E-state index in [1.54, 1.807) is 18.5 Å². The third-order valence-corrected chi connectivity index (χ3v) is 4.77. The van der Waals surface area contributed by atoms with Crippen LogP contribution in [0.1, 0.15) is 25.5 Å². The van der Waals surface area contributed by atoms with E-state index < -0.39 is 5.91 Å². The van der Waals surface area contributed by atoms with Crippen molar-refractivity contribution in [2.24, 2.45) is 21.7 Å². The lowest BCUT2D eigenvalue weighted by molar-refractivity contribution is -0.868. The number of benzene rings is 2. The molecule has 0 aliphatic carbocycles. The first kappa shape index (κ1) is 19.4. The van der Waals surface area contributed by atoms with E-state index in [1.165, 1.54) is 6.34 Å². The van der Waals surface area contributed by atoms with Gasteiger partial charge in [0.1, 0.15) is 6.04 Å². The zero-order valence-corrected chi connectivity index (χ0v) is 15.7. The zero-order chi connectivity index (χ0) is 20.3. The highest BCUT2D eigenvalue weighted by molar-refractivity contribution is 5.79. The largest absolute Gasteiger partial charge is 0.365 e. The minimum absolute atomic E-state index is 0.00619. The predicted molar refractivity (Wildman–Crippen MR) is 107 cm³/mol. The molecule has 2 aromatic rings. The van der Waals surface area contributed by atoms with Crippen molar-refractivity contribution in [1.29, 1.82) is 0 Å². The van der Waals surface area contributed by atoms with Crippen LogP contribution in [-0.4, -0.2) is 34.6 Å². The maximum atomic E-state index is 11.8. The van der Waals surface area contributed by atoms with E-state index >= 15 is 0 Å². The molecule has 2 aromatic carbocycles. The van der Waals surface area contributed by atoms with Gasteiger partial charge in [-0.05, 0) is 11.6 Å². The quantitative estimate of drug-likeness (QED) is 0.452.